The largest absolute Gasteiger partial charge is 0.376 e. The molecule has 3 aromatic rings. The number of nitrogens with one attached hydrogen (secondary N) is 1. The molecular formula is C20H23N5O2S. The van der Waals surface area contributed by atoms with Crippen molar-refractivity contribution in [2.24, 2.45) is 0 Å². The van der Waals surface area contributed by atoms with Gasteiger partial charge in [0.1, 0.15) is 0 Å². The van der Waals surface area contributed by atoms with Gasteiger partial charge in [-0.05, 0) is 46.5 Å². The third kappa shape index (κ3) is 4.34. The first-order chi connectivity index (χ1) is 13.7. The third-order valence-electron chi connectivity index (χ3n) is 4.90. The number of hydrogen-bond donors (Lipinski definition) is 1. The minimum absolute atomic E-state index is 0.0444. The summed E-state index contributed by atoms with van der Waals surface area (Å²) in [7, 11) is 0. The molecule has 146 valence electrons. The Morgan fingerprint density at radius 2 is 2.18 bits per heavy atom. The lowest BCUT2D eigenvalue weighted by Crippen LogP contribution is -2.28. The number of ether oxygens (including phenoxy) is 1. The van der Waals surface area contributed by atoms with E-state index in [1.165, 1.54) is 17.1 Å². The van der Waals surface area contributed by atoms with Gasteiger partial charge in [0.05, 0.1) is 24.4 Å². The molecule has 0 radical (unpaired) electrons. The fourth-order valence-corrected chi connectivity index (χ4v) is 4.21. The number of tetrazole rings is 1. The number of hydrogen-bond acceptors (Lipinski definition) is 6. The topological polar surface area (TPSA) is 81.9 Å². The predicted molar refractivity (Wildman–Crippen MR) is 108 cm³/mol. The van der Waals surface area contributed by atoms with Crippen LogP contribution in [-0.4, -0.2) is 44.6 Å². The average molecular weight is 398 g/mol. The highest BCUT2D eigenvalue weighted by Crippen LogP contribution is 2.24. The summed E-state index contributed by atoms with van der Waals surface area (Å²) in [4.78, 5) is 12.5. The van der Waals surface area contributed by atoms with Crippen LogP contribution in [0.1, 0.15) is 31.4 Å². The van der Waals surface area contributed by atoms with Gasteiger partial charge in [0, 0.05) is 6.61 Å². The summed E-state index contributed by atoms with van der Waals surface area (Å²) in [5.74, 6) is 0.221. The van der Waals surface area contributed by atoms with Gasteiger partial charge >= 0.3 is 0 Å². The van der Waals surface area contributed by atoms with Gasteiger partial charge in [-0.25, -0.2) is 4.68 Å². The van der Waals surface area contributed by atoms with Gasteiger partial charge in [-0.3, -0.25) is 4.79 Å². The van der Waals surface area contributed by atoms with Gasteiger partial charge in [-0.1, -0.05) is 54.2 Å². The zero-order valence-corrected chi connectivity index (χ0v) is 16.6. The van der Waals surface area contributed by atoms with Gasteiger partial charge < -0.3 is 10.1 Å². The second kappa shape index (κ2) is 8.70. The number of fused-ring (bicyclic) bond motifs is 1. The zero-order chi connectivity index (χ0) is 19.3. The van der Waals surface area contributed by atoms with Crippen LogP contribution in [0, 0.1) is 0 Å². The molecule has 0 aliphatic carbocycles. The van der Waals surface area contributed by atoms with Crippen molar-refractivity contribution < 1.29 is 9.53 Å². The van der Waals surface area contributed by atoms with Crippen molar-refractivity contribution in [2.45, 2.75) is 43.6 Å². The Morgan fingerprint density at radius 3 is 3.04 bits per heavy atom. The molecule has 8 heteroatoms. The lowest BCUT2D eigenvalue weighted by atomic mass is 10.00. The average Bonchev–Trinajstić information content (AvgIpc) is 3.38. The van der Waals surface area contributed by atoms with Crippen LogP contribution >= 0.6 is 11.8 Å². The summed E-state index contributed by atoms with van der Waals surface area (Å²) in [5, 5.41) is 17.9. The Kier molecular flexibility index (Phi) is 5.87. The lowest BCUT2D eigenvalue weighted by molar-refractivity contribution is -0.119. The molecule has 1 aliphatic rings. The second-order valence-corrected chi connectivity index (χ2v) is 7.87. The van der Waals surface area contributed by atoms with Gasteiger partial charge in [0.2, 0.25) is 11.1 Å². The van der Waals surface area contributed by atoms with Crippen LogP contribution in [0.15, 0.2) is 47.6 Å². The lowest BCUT2D eigenvalue weighted by Gasteiger charge is -2.16. The Hall–Kier alpha value is -2.45. The number of rotatable bonds is 7. The summed E-state index contributed by atoms with van der Waals surface area (Å²) in [6, 6.07) is 14.3. The molecule has 1 aromatic heterocycles. The van der Waals surface area contributed by atoms with Crippen LogP contribution in [-0.2, 0) is 16.1 Å². The number of thioether (sulfide) groups is 1. The Balaban J connectivity index is 1.35. The van der Waals surface area contributed by atoms with Crippen molar-refractivity contribution in [2.75, 3.05) is 12.4 Å². The van der Waals surface area contributed by atoms with E-state index in [1.807, 2.05) is 25.1 Å². The molecule has 0 saturated carbocycles. The summed E-state index contributed by atoms with van der Waals surface area (Å²) in [5.41, 5.74) is 1.11. The van der Waals surface area contributed by atoms with E-state index in [4.69, 9.17) is 4.74 Å². The van der Waals surface area contributed by atoms with Gasteiger partial charge in [-0.2, -0.15) is 0 Å². The van der Waals surface area contributed by atoms with Crippen LogP contribution in [0.4, 0.5) is 0 Å². The molecule has 2 aromatic carbocycles. The summed E-state index contributed by atoms with van der Waals surface area (Å²) in [6.45, 7) is 3.43. The minimum atomic E-state index is -0.0814. The first kappa shape index (κ1) is 18.9. The molecule has 1 fully saturated rings. The van der Waals surface area contributed by atoms with Crippen LogP contribution in [0.3, 0.4) is 0 Å². The quantitative estimate of drug-likeness (QED) is 0.617. The maximum absolute atomic E-state index is 12.5. The number of aromatic nitrogens is 4. The van der Waals surface area contributed by atoms with Gasteiger partial charge in [-0.15, -0.1) is 5.10 Å². The fourth-order valence-electron chi connectivity index (χ4n) is 3.51. The zero-order valence-electron chi connectivity index (χ0n) is 15.7. The molecule has 28 heavy (non-hydrogen) atoms. The van der Waals surface area contributed by atoms with E-state index < -0.39 is 0 Å². The Labute approximate surface area is 167 Å². The standard InChI is InChI=1S/C20H23N5O2S/c1-14(17-10-4-7-15-6-2-3-9-18(15)17)21-19(26)13-28-20-22-23-24-25(20)12-16-8-5-11-27-16/h2-4,6-7,9-10,14,16H,5,8,11-13H2,1H3,(H,21,26). The van der Waals surface area contributed by atoms with Crippen molar-refractivity contribution >= 4 is 28.4 Å². The molecule has 2 heterocycles. The van der Waals surface area contributed by atoms with E-state index in [0.717, 1.165) is 30.4 Å². The van der Waals surface area contributed by atoms with Crippen molar-refractivity contribution in [3.05, 3.63) is 48.0 Å². The summed E-state index contributed by atoms with van der Waals surface area (Å²) in [6.07, 6.45) is 2.25. The van der Waals surface area contributed by atoms with Gasteiger partial charge in [0.15, 0.2) is 0 Å². The first-order valence-corrected chi connectivity index (χ1v) is 10.5. The number of benzene rings is 2. The maximum atomic E-state index is 12.5. The molecule has 7 nitrogen and oxygen atoms in total. The van der Waals surface area contributed by atoms with Crippen LogP contribution in [0.5, 0.6) is 0 Å². The molecule has 1 N–H and O–H groups in total. The van der Waals surface area contributed by atoms with Crippen molar-refractivity contribution in [1.82, 2.24) is 25.5 Å². The molecule has 0 bridgehead atoms. The highest BCUT2D eigenvalue weighted by atomic mass is 32.2. The van der Waals surface area contributed by atoms with Crippen molar-refractivity contribution in [3.63, 3.8) is 0 Å². The highest BCUT2D eigenvalue weighted by molar-refractivity contribution is 7.99. The number of carbonyl (C=O) groups excluding carboxylic acids is 1. The van der Waals surface area contributed by atoms with Crippen LogP contribution < -0.4 is 5.32 Å². The molecule has 1 saturated heterocycles. The molecule has 1 aliphatic heterocycles. The van der Waals surface area contributed by atoms with E-state index in [1.54, 1.807) is 4.68 Å². The van der Waals surface area contributed by atoms with Crippen molar-refractivity contribution in [1.29, 1.82) is 0 Å². The van der Waals surface area contributed by atoms with E-state index in [0.29, 0.717) is 11.7 Å². The smallest absolute Gasteiger partial charge is 0.230 e. The van der Waals surface area contributed by atoms with Crippen LogP contribution in [0.25, 0.3) is 10.8 Å². The Morgan fingerprint density at radius 1 is 1.32 bits per heavy atom. The molecule has 2 unspecified atom stereocenters. The fraction of sp³-hybridized carbons (Fsp3) is 0.400. The molecule has 2 atom stereocenters. The minimum Gasteiger partial charge on any atom is -0.376 e. The summed E-state index contributed by atoms with van der Waals surface area (Å²) < 4.78 is 7.36. The molecule has 4 rings (SSSR count). The normalized spacial score (nSPS) is 17.7. The van der Waals surface area contributed by atoms with E-state index in [9.17, 15) is 4.79 Å². The second-order valence-electron chi connectivity index (χ2n) is 6.92. The van der Waals surface area contributed by atoms with Gasteiger partial charge in [0.25, 0.3) is 0 Å². The highest BCUT2D eigenvalue weighted by Gasteiger charge is 2.20. The van der Waals surface area contributed by atoms with Crippen LogP contribution in [0.2, 0.25) is 0 Å². The number of amides is 1. The predicted octanol–water partition coefficient (Wildman–Crippen LogP) is 2.97. The third-order valence-corrected chi connectivity index (χ3v) is 5.86. The van der Waals surface area contributed by atoms with E-state index in [2.05, 4.69) is 45.1 Å². The molecular weight excluding hydrogens is 374 g/mol. The molecule has 0 spiro atoms. The molecule has 1 amide bonds. The number of nitrogens with zero attached hydrogens (tertiary/aromatic N) is 4. The van der Waals surface area contributed by atoms with E-state index in [-0.39, 0.29) is 23.8 Å². The van der Waals surface area contributed by atoms with E-state index >= 15 is 0 Å². The maximum Gasteiger partial charge on any atom is 0.230 e. The number of carbonyl (C=O) groups is 1. The Bertz CT molecular complexity index is 949. The monoisotopic (exact) mass is 397 g/mol. The first-order valence-electron chi connectivity index (χ1n) is 9.48. The van der Waals surface area contributed by atoms with Crippen molar-refractivity contribution in [3.8, 4) is 0 Å². The summed E-state index contributed by atoms with van der Waals surface area (Å²) >= 11 is 1.35. The SMILES string of the molecule is CC(NC(=O)CSc1nnnn1CC1CCCO1)c1cccc2ccccc12.